The first kappa shape index (κ1) is 14.5. The monoisotopic (exact) mass is 240 g/mol. The number of hydrazine groups is 1. The summed E-state index contributed by atoms with van der Waals surface area (Å²) in [7, 11) is 0. The van der Waals surface area contributed by atoms with Gasteiger partial charge in [0.1, 0.15) is 0 Å². The molecular formula is C14H28N2O. The molecule has 1 unspecified atom stereocenters. The zero-order valence-electron chi connectivity index (χ0n) is 11.2. The Balaban J connectivity index is 2.12. The smallest absolute Gasteiger partial charge is 0.0876 e. The van der Waals surface area contributed by atoms with Crippen LogP contribution in [0.1, 0.15) is 64.7 Å². The molecule has 3 heteroatoms. The van der Waals surface area contributed by atoms with E-state index in [9.17, 15) is 0 Å². The van der Waals surface area contributed by atoms with Gasteiger partial charge in [-0.2, -0.15) is 0 Å². The second-order valence-corrected chi connectivity index (χ2v) is 4.94. The van der Waals surface area contributed by atoms with Gasteiger partial charge in [-0.15, -0.1) is 0 Å². The van der Waals surface area contributed by atoms with Crippen molar-refractivity contribution in [3.8, 4) is 0 Å². The van der Waals surface area contributed by atoms with Gasteiger partial charge in [0.2, 0.25) is 0 Å². The van der Waals surface area contributed by atoms with Gasteiger partial charge in [0, 0.05) is 6.04 Å². The highest BCUT2D eigenvalue weighted by Gasteiger charge is 2.15. The first-order valence-electron chi connectivity index (χ1n) is 7.15. The molecule has 1 atom stereocenters. The number of hydrogen-bond donors (Lipinski definition) is 2. The number of unbranched alkanes of at least 4 members (excludes halogenated alkanes) is 5. The predicted octanol–water partition coefficient (Wildman–Crippen LogP) is 3.26. The van der Waals surface area contributed by atoms with Crippen LogP contribution in [0.25, 0.3) is 0 Å². The molecule has 0 saturated carbocycles. The Morgan fingerprint density at radius 1 is 1.29 bits per heavy atom. The van der Waals surface area contributed by atoms with Crippen molar-refractivity contribution in [3.63, 3.8) is 0 Å². The van der Waals surface area contributed by atoms with Crippen LogP contribution >= 0.6 is 0 Å². The van der Waals surface area contributed by atoms with Crippen LogP contribution < -0.4 is 11.3 Å². The van der Waals surface area contributed by atoms with Crippen LogP contribution in [-0.2, 0) is 4.74 Å². The molecule has 0 spiro atoms. The lowest BCUT2D eigenvalue weighted by Crippen LogP contribution is -2.37. The largest absolute Gasteiger partial charge is 0.501 e. The molecule has 1 aliphatic rings. The Labute approximate surface area is 106 Å². The number of nitrogens with two attached hydrogens (primary N) is 1. The molecule has 0 aromatic carbocycles. The molecule has 3 nitrogen and oxygen atoms in total. The summed E-state index contributed by atoms with van der Waals surface area (Å²) in [6.45, 7) is 3.11. The summed E-state index contributed by atoms with van der Waals surface area (Å²) >= 11 is 0. The van der Waals surface area contributed by atoms with Crippen molar-refractivity contribution >= 4 is 0 Å². The van der Waals surface area contributed by atoms with Crippen molar-refractivity contribution in [2.45, 2.75) is 70.8 Å². The third-order valence-electron chi connectivity index (χ3n) is 3.46. The molecule has 1 rings (SSSR count). The van der Waals surface area contributed by atoms with Gasteiger partial charge >= 0.3 is 0 Å². The molecule has 17 heavy (non-hydrogen) atoms. The van der Waals surface area contributed by atoms with E-state index in [1.54, 1.807) is 0 Å². The van der Waals surface area contributed by atoms with Crippen molar-refractivity contribution in [2.75, 3.05) is 6.61 Å². The second kappa shape index (κ2) is 9.49. The van der Waals surface area contributed by atoms with Crippen LogP contribution in [0, 0.1) is 0 Å². The SMILES string of the molecule is CCCCCCCCC(NN)C1=COCCC1. The van der Waals surface area contributed by atoms with E-state index in [0.717, 1.165) is 25.9 Å². The minimum Gasteiger partial charge on any atom is -0.501 e. The Morgan fingerprint density at radius 3 is 2.71 bits per heavy atom. The fourth-order valence-electron chi connectivity index (χ4n) is 2.35. The molecule has 0 bridgehead atoms. The predicted molar refractivity (Wildman–Crippen MR) is 72.4 cm³/mol. The maximum Gasteiger partial charge on any atom is 0.0876 e. The van der Waals surface area contributed by atoms with Crippen LogP contribution in [0.5, 0.6) is 0 Å². The maximum atomic E-state index is 5.62. The average molecular weight is 240 g/mol. The van der Waals surface area contributed by atoms with Crippen LogP contribution in [-0.4, -0.2) is 12.6 Å². The normalized spacial score (nSPS) is 17.4. The lowest BCUT2D eigenvalue weighted by molar-refractivity contribution is 0.218. The van der Waals surface area contributed by atoms with E-state index in [1.165, 1.54) is 44.1 Å². The highest BCUT2D eigenvalue weighted by atomic mass is 16.5. The molecule has 0 aromatic heterocycles. The Morgan fingerprint density at radius 2 is 2.06 bits per heavy atom. The van der Waals surface area contributed by atoms with E-state index in [4.69, 9.17) is 10.6 Å². The standard InChI is InChI=1S/C14H28N2O/c1-2-3-4-5-6-7-10-14(16-15)13-9-8-11-17-12-13/h12,14,16H,2-11,15H2,1H3. The summed E-state index contributed by atoms with van der Waals surface area (Å²) < 4.78 is 5.37. The van der Waals surface area contributed by atoms with Crippen molar-refractivity contribution in [1.29, 1.82) is 0 Å². The van der Waals surface area contributed by atoms with Crippen molar-refractivity contribution in [2.24, 2.45) is 5.84 Å². The van der Waals surface area contributed by atoms with Gasteiger partial charge in [-0.3, -0.25) is 11.3 Å². The molecular weight excluding hydrogens is 212 g/mol. The molecule has 0 radical (unpaired) electrons. The van der Waals surface area contributed by atoms with E-state index in [1.807, 2.05) is 6.26 Å². The van der Waals surface area contributed by atoms with E-state index >= 15 is 0 Å². The number of ether oxygens (including phenoxy) is 1. The molecule has 0 saturated heterocycles. The van der Waals surface area contributed by atoms with E-state index in [0.29, 0.717) is 6.04 Å². The molecule has 3 N–H and O–H groups in total. The van der Waals surface area contributed by atoms with E-state index in [2.05, 4.69) is 12.3 Å². The minimum absolute atomic E-state index is 0.321. The van der Waals surface area contributed by atoms with Crippen LogP contribution in [0.2, 0.25) is 0 Å². The highest BCUT2D eigenvalue weighted by Crippen LogP contribution is 2.19. The minimum atomic E-state index is 0.321. The van der Waals surface area contributed by atoms with Crippen molar-refractivity contribution < 1.29 is 4.74 Å². The molecule has 0 aliphatic carbocycles. The maximum absolute atomic E-state index is 5.62. The van der Waals surface area contributed by atoms with Gasteiger partial charge < -0.3 is 4.74 Å². The van der Waals surface area contributed by atoms with Gasteiger partial charge in [-0.05, 0) is 24.8 Å². The Bertz CT molecular complexity index is 216. The first-order valence-corrected chi connectivity index (χ1v) is 7.15. The number of hydrogen-bond acceptors (Lipinski definition) is 3. The van der Waals surface area contributed by atoms with E-state index < -0.39 is 0 Å². The first-order chi connectivity index (χ1) is 8.38. The number of rotatable bonds is 9. The fraction of sp³-hybridized carbons (Fsp3) is 0.857. The van der Waals surface area contributed by atoms with Crippen LogP contribution in [0.4, 0.5) is 0 Å². The summed E-state index contributed by atoms with van der Waals surface area (Å²) in [5, 5.41) is 0. The third-order valence-corrected chi connectivity index (χ3v) is 3.46. The quantitative estimate of drug-likeness (QED) is 0.369. The summed E-state index contributed by atoms with van der Waals surface area (Å²) in [5.74, 6) is 5.62. The molecule has 1 aliphatic heterocycles. The molecule has 1 heterocycles. The summed E-state index contributed by atoms with van der Waals surface area (Å²) in [5.41, 5.74) is 4.27. The Kier molecular flexibility index (Phi) is 8.10. The molecule has 0 amide bonds. The van der Waals surface area contributed by atoms with Gasteiger partial charge in [0.15, 0.2) is 0 Å². The molecule has 100 valence electrons. The Hall–Kier alpha value is -0.540. The zero-order valence-corrected chi connectivity index (χ0v) is 11.2. The highest BCUT2D eigenvalue weighted by molar-refractivity contribution is 5.09. The molecule has 0 aromatic rings. The van der Waals surface area contributed by atoms with Gasteiger partial charge in [-0.25, -0.2) is 0 Å². The van der Waals surface area contributed by atoms with Gasteiger partial charge in [0.25, 0.3) is 0 Å². The van der Waals surface area contributed by atoms with Crippen molar-refractivity contribution in [3.05, 3.63) is 11.8 Å². The van der Waals surface area contributed by atoms with Crippen molar-refractivity contribution in [1.82, 2.24) is 5.43 Å². The summed E-state index contributed by atoms with van der Waals surface area (Å²) in [6.07, 6.45) is 13.3. The third kappa shape index (κ3) is 6.08. The summed E-state index contributed by atoms with van der Waals surface area (Å²) in [6, 6.07) is 0.321. The average Bonchev–Trinajstić information content (AvgIpc) is 2.39. The lowest BCUT2D eigenvalue weighted by atomic mass is 9.97. The van der Waals surface area contributed by atoms with Crippen LogP contribution in [0.3, 0.4) is 0 Å². The fourth-order valence-corrected chi connectivity index (χ4v) is 2.35. The van der Waals surface area contributed by atoms with Gasteiger partial charge in [0.05, 0.1) is 12.9 Å². The topological polar surface area (TPSA) is 47.3 Å². The van der Waals surface area contributed by atoms with Gasteiger partial charge in [-0.1, -0.05) is 45.4 Å². The van der Waals surface area contributed by atoms with E-state index in [-0.39, 0.29) is 0 Å². The van der Waals surface area contributed by atoms with Crippen LogP contribution in [0.15, 0.2) is 11.8 Å². The lowest BCUT2D eigenvalue weighted by Gasteiger charge is -2.22. The second-order valence-electron chi connectivity index (χ2n) is 4.94. The summed E-state index contributed by atoms with van der Waals surface area (Å²) in [4.78, 5) is 0. The zero-order chi connectivity index (χ0) is 12.3. The molecule has 0 fully saturated rings. The number of nitrogens with one attached hydrogen (secondary N) is 1.